The predicted molar refractivity (Wildman–Crippen MR) is 146 cm³/mol. The van der Waals surface area contributed by atoms with Crippen molar-refractivity contribution in [1.82, 2.24) is 15.5 Å². The predicted octanol–water partition coefficient (Wildman–Crippen LogP) is 3.66. The molecular formula is C25H45IN4O3. The van der Waals surface area contributed by atoms with E-state index in [0.29, 0.717) is 38.3 Å². The lowest BCUT2D eigenvalue weighted by Gasteiger charge is -2.35. The number of morpholine rings is 1. The highest BCUT2D eigenvalue weighted by Crippen LogP contribution is 2.13. The van der Waals surface area contributed by atoms with Gasteiger partial charge in [-0.1, -0.05) is 38.1 Å². The summed E-state index contributed by atoms with van der Waals surface area (Å²) in [4.78, 5) is 7.38. The molecule has 0 spiro atoms. The summed E-state index contributed by atoms with van der Waals surface area (Å²) in [5.41, 5.74) is 2.34. The molecule has 0 bridgehead atoms. The van der Waals surface area contributed by atoms with E-state index < -0.39 is 0 Å². The standard InChI is InChI=1S/C25H44N4O3.HI/c1-5-26-25(28-19-24(16-21(3)4)29-10-12-31-13-11-29)27-18-22-8-7-9-23(17-22)20-32-15-14-30-6-2;/h7-9,17,21,24H,5-6,10-16,18-20H2,1-4H3,(H2,26,27,28);1H. The van der Waals surface area contributed by atoms with E-state index in [1.54, 1.807) is 0 Å². The second kappa shape index (κ2) is 18.4. The van der Waals surface area contributed by atoms with Crippen LogP contribution in [0.4, 0.5) is 0 Å². The molecule has 1 aliphatic heterocycles. The van der Waals surface area contributed by atoms with Crippen LogP contribution in [0.25, 0.3) is 0 Å². The molecule has 0 radical (unpaired) electrons. The third-order valence-electron chi connectivity index (χ3n) is 5.41. The van der Waals surface area contributed by atoms with Gasteiger partial charge in [0.25, 0.3) is 0 Å². The Kier molecular flexibility index (Phi) is 16.8. The SMILES string of the molecule is CCNC(=NCc1cccc(COCCOCC)c1)NCC(CC(C)C)N1CCOCC1.I. The molecule has 2 rings (SSSR count). The zero-order valence-corrected chi connectivity index (χ0v) is 23.3. The van der Waals surface area contributed by atoms with E-state index in [9.17, 15) is 0 Å². The highest BCUT2D eigenvalue weighted by Gasteiger charge is 2.22. The summed E-state index contributed by atoms with van der Waals surface area (Å²) >= 11 is 0. The molecule has 1 aromatic carbocycles. The van der Waals surface area contributed by atoms with Gasteiger partial charge in [0.2, 0.25) is 0 Å². The van der Waals surface area contributed by atoms with Gasteiger partial charge in [-0.15, -0.1) is 24.0 Å². The molecule has 8 heteroatoms. The van der Waals surface area contributed by atoms with Crippen molar-refractivity contribution in [1.29, 1.82) is 0 Å². The lowest BCUT2D eigenvalue weighted by Crippen LogP contribution is -2.51. The summed E-state index contributed by atoms with van der Waals surface area (Å²) in [7, 11) is 0. The molecular weight excluding hydrogens is 531 g/mol. The van der Waals surface area contributed by atoms with E-state index in [2.05, 4.69) is 60.6 Å². The monoisotopic (exact) mass is 576 g/mol. The Bertz CT molecular complexity index is 654. The first kappa shape index (κ1) is 30.1. The first-order valence-corrected chi connectivity index (χ1v) is 12.2. The Morgan fingerprint density at radius 2 is 1.82 bits per heavy atom. The number of aliphatic imine (C=N–C) groups is 1. The van der Waals surface area contributed by atoms with E-state index in [1.807, 2.05) is 6.92 Å². The third-order valence-corrected chi connectivity index (χ3v) is 5.41. The van der Waals surface area contributed by atoms with Crippen molar-refractivity contribution in [2.45, 2.75) is 53.3 Å². The normalized spacial score (nSPS) is 15.8. The number of guanidine groups is 1. The molecule has 1 saturated heterocycles. The molecule has 190 valence electrons. The Morgan fingerprint density at radius 3 is 2.52 bits per heavy atom. The van der Waals surface area contributed by atoms with Crippen LogP contribution in [0.1, 0.15) is 45.2 Å². The van der Waals surface area contributed by atoms with Gasteiger partial charge in [0.05, 0.1) is 39.6 Å². The maximum atomic E-state index is 5.70. The van der Waals surface area contributed by atoms with Crippen LogP contribution < -0.4 is 10.6 Å². The molecule has 0 saturated carbocycles. The highest BCUT2D eigenvalue weighted by molar-refractivity contribution is 14.0. The van der Waals surface area contributed by atoms with E-state index in [1.165, 1.54) is 5.56 Å². The van der Waals surface area contributed by atoms with Crippen LogP contribution in [0.3, 0.4) is 0 Å². The maximum absolute atomic E-state index is 5.70. The van der Waals surface area contributed by atoms with Crippen LogP contribution in [0, 0.1) is 5.92 Å². The molecule has 7 nitrogen and oxygen atoms in total. The number of hydrogen-bond acceptors (Lipinski definition) is 5. The van der Waals surface area contributed by atoms with Gasteiger partial charge in [-0.05, 0) is 37.3 Å². The number of halogens is 1. The van der Waals surface area contributed by atoms with E-state index >= 15 is 0 Å². The number of ether oxygens (including phenoxy) is 3. The topological polar surface area (TPSA) is 67.4 Å². The quantitative estimate of drug-likeness (QED) is 0.153. The van der Waals surface area contributed by atoms with Gasteiger partial charge in [0.1, 0.15) is 0 Å². The van der Waals surface area contributed by atoms with Crippen LogP contribution in [-0.4, -0.2) is 76.1 Å². The van der Waals surface area contributed by atoms with E-state index in [-0.39, 0.29) is 24.0 Å². The Labute approximate surface area is 218 Å². The lowest BCUT2D eigenvalue weighted by molar-refractivity contribution is 0.0132. The van der Waals surface area contributed by atoms with E-state index in [4.69, 9.17) is 19.2 Å². The fourth-order valence-electron chi connectivity index (χ4n) is 3.84. The summed E-state index contributed by atoms with van der Waals surface area (Å²) in [5.74, 6) is 1.52. The molecule has 1 atom stereocenters. The van der Waals surface area contributed by atoms with Gasteiger partial charge in [-0.3, -0.25) is 4.90 Å². The van der Waals surface area contributed by atoms with Crippen LogP contribution in [0.15, 0.2) is 29.3 Å². The Morgan fingerprint density at radius 1 is 1.09 bits per heavy atom. The fraction of sp³-hybridized carbons (Fsp3) is 0.720. The second-order valence-electron chi connectivity index (χ2n) is 8.58. The highest BCUT2D eigenvalue weighted by atomic mass is 127. The second-order valence-corrected chi connectivity index (χ2v) is 8.58. The lowest BCUT2D eigenvalue weighted by atomic mass is 10.0. The molecule has 1 heterocycles. The van der Waals surface area contributed by atoms with Gasteiger partial charge < -0.3 is 24.8 Å². The van der Waals surface area contributed by atoms with Crippen molar-refractivity contribution in [2.24, 2.45) is 10.9 Å². The Hall–Kier alpha value is -0.940. The first-order valence-electron chi connectivity index (χ1n) is 12.2. The third kappa shape index (κ3) is 12.9. The molecule has 1 fully saturated rings. The number of benzene rings is 1. The minimum absolute atomic E-state index is 0. The number of nitrogens with one attached hydrogen (secondary N) is 2. The maximum Gasteiger partial charge on any atom is 0.191 e. The molecule has 1 unspecified atom stereocenters. The van der Waals surface area contributed by atoms with Crippen molar-refractivity contribution in [3.8, 4) is 0 Å². The fourth-order valence-corrected chi connectivity index (χ4v) is 3.84. The molecule has 0 amide bonds. The average molecular weight is 577 g/mol. The largest absolute Gasteiger partial charge is 0.379 e. The van der Waals surface area contributed by atoms with Crippen LogP contribution in [-0.2, 0) is 27.4 Å². The van der Waals surface area contributed by atoms with Crippen LogP contribution in [0.5, 0.6) is 0 Å². The van der Waals surface area contributed by atoms with Gasteiger partial charge in [-0.2, -0.15) is 0 Å². The molecule has 1 aromatic rings. The molecule has 33 heavy (non-hydrogen) atoms. The molecule has 2 N–H and O–H groups in total. The summed E-state index contributed by atoms with van der Waals surface area (Å²) in [6.45, 7) is 17.3. The van der Waals surface area contributed by atoms with Crippen molar-refractivity contribution in [3.05, 3.63) is 35.4 Å². The van der Waals surface area contributed by atoms with Crippen molar-refractivity contribution >= 4 is 29.9 Å². The zero-order chi connectivity index (χ0) is 23.0. The number of hydrogen-bond donors (Lipinski definition) is 2. The first-order chi connectivity index (χ1) is 15.6. The van der Waals surface area contributed by atoms with Crippen LogP contribution in [0.2, 0.25) is 0 Å². The van der Waals surface area contributed by atoms with Gasteiger partial charge in [-0.25, -0.2) is 4.99 Å². The minimum Gasteiger partial charge on any atom is -0.379 e. The van der Waals surface area contributed by atoms with Crippen molar-refractivity contribution < 1.29 is 14.2 Å². The molecule has 1 aliphatic rings. The Balaban J connectivity index is 0.00000544. The van der Waals surface area contributed by atoms with Crippen molar-refractivity contribution in [2.75, 3.05) is 59.2 Å². The summed E-state index contributed by atoms with van der Waals surface area (Å²) in [6, 6.07) is 8.94. The zero-order valence-electron chi connectivity index (χ0n) is 21.0. The van der Waals surface area contributed by atoms with E-state index in [0.717, 1.165) is 63.9 Å². The summed E-state index contributed by atoms with van der Waals surface area (Å²) in [6.07, 6.45) is 1.16. The van der Waals surface area contributed by atoms with Crippen LogP contribution >= 0.6 is 24.0 Å². The molecule has 0 aliphatic carbocycles. The van der Waals surface area contributed by atoms with Gasteiger partial charge in [0.15, 0.2) is 5.96 Å². The van der Waals surface area contributed by atoms with Gasteiger partial charge in [0, 0.05) is 38.8 Å². The molecule has 0 aromatic heterocycles. The van der Waals surface area contributed by atoms with Crippen molar-refractivity contribution in [3.63, 3.8) is 0 Å². The smallest absolute Gasteiger partial charge is 0.191 e. The number of nitrogens with zero attached hydrogens (tertiary/aromatic N) is 2. The van der Waals surface area contributed by atoms with Gasteiger partial charge >= 0.3 is 0 Å². The number of rotatable bonds is 14. The minimum atomic E-state index is 0. The summed E-state index contributed by atoms with van der Waals surface area (Å²) < 4.78 is 16.6. The summed E-state index contributed by atoms with van der Waals surface area (Å²) in [5, 5.41) is 6.97. The average Bonchev–Trinajstić information content (AvgIpc) is 2.80.